The fourth-order valence-corrected chi connectivity index (χ4v) is 1.92. The number of aryl methyl sites for hydroxylation is 1. The lowest BCUT2D eigenvalue weighted by molar-refractivity contribution is 0.613. The van der Waals surface area contributed by atoms with Gasteiger partial charge in [-0.3, -0.25) is 4.98 Å². The van der Waals surface area contributed by atoms with E-state index in [2.05, 4.69) is 10.3 Å². The molecule has 1 heterocycles. The predicted molar refractivity (Wildman–Crippen MR) is 72.0 cm³/mol. The lowest BCUT2D eigenvalue weighted by Gasteiger charge is -2.19. The van der Waals surface area contributed by atoms with Crippen LogP contribution < -0.4 is 5.32 Å². The van der Waals surface area contributed by atoms with E-state index >= 15 is 0 Å². The van der Waals surface area contributed by atoms with Crippen molar-refractivity contribution in [3.63, 3.8) is 0 Å². The quantitative estimate of drug-likeness (QED) is 0.891. The van der Waals surface area contributed by atoms with E-state index in [-0.39, 0.29) is 17.7 Å². The van der Waals surface area contributed by atoms with Crippen LogP contribution in [0.1, 0.15) is 30.6 Å². The van der Waals surface area contributed by atoms with E-state index in [1.165, 1.54) is 24.4 Å². The number of nitrogens with zero attached hydrogens (tertiary/aromatic N) is 1. The number of rotatable bonds is 4. The minimum absolute atomic E-state index is 0.0684. The van der Waals surface area contributed by atoms with Gasteiger partial charge in [-0.2, -0.15) is 0 Å². The van der Waals surface area contributed by atoms with Gasteiger partial charge < -0.3 is 5.32 Å². The van der Waals surface area contributed by atoms with Crippen LogP contribution in [0.5, 0.6) is 0 Å². The SMILES string of the molecule is CCC(Nc1cc(F)ccc1C)c1ccc(F)cn1. The minimum Gasteiger partial charge on any atom is -0.376 e. The van der Waals surface area contributed by atoms with Crippen LogP contribution in [0.25, 0.3) is 0 Å². The standard InChI is InChI=1S/C15H16F2N2/c1-3-13(14-7-6-12(17)9-18-14)19-15-8-11(16)5-4-10(15)2/h4-9,13,19H,3H2,1-2H3. The molecule has 0 bridgehead atoms. The Bertz CT molecular complexity index is 553. The van der Waals surface area contributed by atoms with E-state index in [9.17, 15) is 8.78 Å². The van der Waals surface area contributed by atoms with E-state index in [0.717, 1.165) is 23.4 Å². The summed E-state index contributed by atoms with van der Waals surface area (Å²) in [6.07, 6.45) is 1.96. The molecule has 0 spiro atoms. The first-order valence-electron chi connectivity index (χ1n) is 6.24. The molecule has 0 aliphatic heterocycles. The summed E-state index contributed by atoms with van der Waals surface area (Å²) in [5, 5.41) is 3.25. The van der Waals surface area contributed by atoms with Crippen molar-refractivity contribution < 1.29 is 8.78 Å². The second-order valence-corrected chi connectivity index (χ2v) is 4.47. The normalized spacial score (nSPS) is 12.2. The van der Waals surface area contributed by atoms with Gasteiger partial charge in [-0.1, -0.05) is 13.0 Å². The van der Waals surface area contributed by atoms with Gasteiger partial charge in [0.15, 0.2) is 0 Å². The molecule has 4 heteroatoms. The Morgan fingerprint density at radius 2 is 1.89 bits per heavy atom. The third-order valence-electron chi connectivity index (χ3n) is 3.04. The van der Waals surface area contributed by atoms with Crippen LogP contribution in [0.15, 0.2) is 36.5 Å². The zero-order chi connectivity index (χ0) is 13.8. The number of halogens is 2. The van der Waals surface area contributed by atoms with Gasteiger partial charge in [0.1, 0.15) is 11.6 Å². The first-order chi connectivity index (χ1) is 9.10. The topological polar surface area (TPSA) is 24.9 Å². The molecular formula is C15H16F2N2. The Kier molecular flexibility index (Phi) is 4.10. The highest BCUT2D eigenvalue weighted by atomic mass is 19.1. The van der Waals surface area contributed by atoms with Crippen molar-refractivity contribution in [2.24, 2.45) is 0 Å². The van der Waals surface area contributed by atoms with Gasteiger partial charge in [0.25, 0.3) is 0 Å². The van der Waals surface area contributed by atoms with Gasteiger partial charge in [-0.05, 0) is 43.2 Å². The molecule has 2 nitrogen and oxygen atoms in total. The summed E-state index contributed by atoms with van der Waals surface area (Å²) in [4.78, 5) is 4.07. The number of nitrogens with one attached hydrogen (secondary N) is 1. The van der Waals surface area contributed by atoms with E-state index in [1.807, 2.05) is 13.8 Å². The van der Waals surface area contributed by atoms with E-state index in [1.54, 1.807) is 12.1 Å². The van der Waals surface area contributed by atoms with Crippen molar-refractivity contribution >= 4 is 5.69 Å². The summed E-state index contributed by atoms with van der Waals surface area (Å²) in [6, 6.07) is 7.57. The van der Waals surface area contributed by atoms with Crippen LogP contribution >= 0.6 is 0 Å². The van der Waals surface area contributed by atoms with Crippen molar-refractivity contribution in [3.8, 4) is 0 Å². The molecule has 1 unspecified atom stereocenters. The zero-order valence-electron chi connectivity index (χ0n) is 11.0. The van der Waals surface area contributed by atoms with Gasteiger partial charge in [-0.15, -0.1) is 0 Å². The molecule has 2 aromatic rings. The largest absolute Gasteiger partial charge is 0.376 e. The molecular weight excluding hydrogens is 246 g/mol. The van der Waals surface area contributed by atoms with Crippen LogP contribution in [0.2, 0.25) is 0 Å². The van der Waals surface area contributed by atoms with Crippen LogP contribution in [0, 0.1) is 18.6 Å². The average molecular weight is 262 g/mol. The first-order valence-corrected chi connectivity index (χ1v) is 6.24. The van der Waals surface area contributed by atoms with Gasteiger partial charge in [0.2, 0.25) is 0 Å². The zero-order valence-corrected chi connectivity index (χ0v) is 11.0. The first kappa shape index (κ1) is 13.5. The molecule has 2 rings (SSSR count). The second-order valence-electron chi connectivity index (χ2n) is 4.47. The lowest BCUT2D eigenvalue weighted by atomic mass is 10.1. The maximum atomic E-state index is 13.3. The Labute approximate surface area is 111 Å². The second kappa shape index (κ2) is 5.78. The van der Waals surface area contributed by atoms with Crippen molar-refractivity contribution in [1.82, 2.24) is 4.98 Å². The number of pyridine rings is 1. The fraction of sp³-hybridized carbons (Fsp3) is 0.267. The molecule has 1 aromatic carbocycles. The third kappa shape index (κ3) is 3.28. The van der Waals surface area contributed by atoms with Crippen molar-refractivity contribution in [3.05, 3.63) is 59.4 Å². The summed E-state index contributed by atoms with van der Waals surface area (Å²) in [6.45, 7) is 3.91. The molecule has 0 saturated carbocycles. The molecule has 0 radical (unpaired) electrons. The molecule has 1 aromatic heterocycles. The van der Waals surface area contributed by atoms with Gasteiger partial charge >= 0.3 is 0 Å². The predicted octanol–water partition coefficient (Wildman–Crippen LogP) is 4.23. The lowest BCUT2D eigenvalue weighted by Crippen LogP contribution is -2.12. The number of aromatic nitrogens is 1. The number of hydrogen-bond acceptors (Lipinski definition) is 2. The monoisotopic (exact) mass is 262 g/mol. The van der Waals surface area contributed by atoms with E-state index < -0.39 is 0 Å². The van der Waals surface area contributed by atoms with Crippen LogP contribution in [0.4, 0.5) is 14.5 Å². The maximum absolute atomic E-state index is 13.3. The van der Waals surface area contributed by atoms with Crippen molar-refractivity contribution in [1.29, 1.82) is 0 Å². The number of anilines is 1. The molecule has 0 fully saturated rings. The van der Waals surface area contributed by atoms with Crippen LogP contribution in [0.3, 0.4) is 0 Å². The summed E-state index contributed by atoms with van der Waals surface area (Å²) >= 11 is 0. The molecule has 100 valence electrons. The number of benzene rings is 1. The van der Waals surface area contributed by atoms with Crippen molar-refractivity contribution in [2.75, 3.05) is 5.32 Å². The Morgan fingerprint density at radius 1 is 1.16 bits per heavy atom. The molecule has 0 amide bonds. The summed E-state index contributed by atoms with van der Waals surface area (Å²) in [5.74, 6) is -0.643. The summed E-state index contributed by atoms with van der Waals surface area (Å²) in [7, 11) is 0. The fourth-order valence-electron chi connectivity index (χ4n) is 1.92. The maximum Gasteiger partial charge on any atom is 0.141 e. The molecule has 0 aliphatic rings. The Hall–Kier alpha value is -1.97. The van der Waals surface area contributed by atoms with Crippen LogP contribution in [-0.2, 0) is 0 Å². The highest BCUT2D eigenvalue weighted by molar-refractivity contribution is 5.52. The number of hydrogen-bond donors (Lipinski definition) is 1. The molecule has 1 N–H and O–H groups in total. The smallest absolute Gasteiger partial charge is 0.141 e. The minimum atomic E-state index is -0.361. The summed E-state index contributed by atoms with van der Waals surface area (Å²) < 4.78 is 26.1. The summed E-state index contributed by atoms with van der Waals surface area (Å²) in [5.41, 5.74) is 2.44. The molecule has 19 heavy (non-hydrogen) atoms. The molecule has 0 aliphatic carbocycles. The van der Waals surface area contributed by atoms with E-state index in [0.29, 0.717) is 0 Å². The molecule has 1 atom stereocenters. The Balaban J connectivity index is 2.23. The van der Waals surface area contributed by atoms with Gasteiger partial charge in [-0.25, -0.2) is 8.78 Å². The highest BCUT2D eigenvalue weighted by Crippen LogP contribution is 2.24. The highest BCUT2D eigenvalue weighted by Gasteiger charge is 2.12. The Morgan fingerprint density at radius 3 is 2.53 bits per heavy atom. The van der Waals surface area contributed by atoms with Crippen molar-refractivity contribution in [2.45, 2.75) is 26.3 Å². The third-order valence-corrected chi connectivity index (χ3v) is 3.04. The average Bonchev–Trinajstić information content (AvgIpc) is 2.41. The molecule has 0 saturated heterocycles. The van der Waals surface area contributed by atoms with E-state index in [4.69, 9.17) is 0 Å². The van der Waals surface area contributed by atoms with Gasteiger partial charge in [0.05, 0.1) is 17.9 Å². The van der Waals surface area contributed by atoms with Gasteiger partial charge in [0, 0.05) is 5.69 Å². The van der Waals surface area contributed by atoms with Crippen LogP contribution in [-0.4, -0.2) is 4.98 Å².